The largest absolute Gasteiger partial charge is 0.484 e. The van der Waals surface area contributed by atoms with Crippen LogP contribution >= 0.6 is 0 Å². The highest BCUT2D eigenvalue weighted by Gasteiger charge is 2.21. The first-order valence-electron chi connectivity index (χ1n) is 8.60. The van der Waals surface area contributed by atoms with Gasteiger partial charge in [0.1, 0.15) is 11.6 Å². The molecule has 136 valence electrons. The smallest absolute Gasteiger partial charge is 0.258 e. The molecule has 7 heteroatoms. The van der Waals surface area contributed by atoms with Crippen LogP contribution in [0.2, 0.25) is 0 Å². The van der Waals surface area contributed by atoms with Crippen molar-refractivity contribution in [3.05, 3.63) is 54.7 Å². The first kappa shape index (κ1) is 17.7. The zero-order valence-corrected chi connectivity index (χ0v) is 14.5. The summed E-state index contributed by atoms with van der Waals surface area (Å²) in [7, 11) is 0. The quantitative estimate of drug-likeness (QED) is 0.835. The molecule has 0 spiro atoms. The van der Waals surface area contributed by atoms with Gasteiger partial charge in [0.05, 0.1) is 6.54 Å². The van der Waals surface area contributed by atoms with Crippen molar-refractivity contribution in [1.82, 2.24) is 15.2 Å². The number of pyridine rings is 1. The van der Waals surface area contributed by atoms with Gasteiger partial charge in [-0.15, -0.1) is 0 Å². The van der Waals surface area contributed by atoms with Gasteiger partial charge in [0, 0.05) is 32.4 Å². The van der Waals surface area contributed by atoms with Gasteiger partial charge in [-0.2, -0.15) is 0 Å². The predicted octanol–water partition coefficient (Wildman–Crippen LogP) is 0.925. The van der Waals surface area contributed by atoms with Gasteiger partial charge in [0.25, 0.3) is 5.91 Å². The summed E-state index contributed by atoms with van der Waals surface area (Å²) in [5, 5.41) is 2.61. The number of rotatable bonds is 6. The number of aromatic nitrogens is 1. The molecule has 1 aromatic heterocycles. The van der Waals surface area contributed by atoms with E-state index in [0.717, 1.165) is 18.9 Å². The molecule has 0 saturated carbocycles. The Bertz CT molecular complexity index is 716. The third-order valence-corrected chi connectivity index (χ3v) is 4.16. The first-order valence-corrected chi connectivity index (χ1v) is 8.60. The highest BCUT2D eigenvalue weighted by molar-refractivity contribution is 5.85. The fourth-order valence-electron chi connectivity index (χ4n) is 2.73. The van der Waals surface area contributed by atoms with E-state index in [4.69, 9.17) is 4.74 Å². The second kappa shape index (κ2) is 8.84. The van der Waals surface area contributed by atoms with Crippen molar-refractivity contribution < 1.29 is 14.3 Å². The summed E-state index contributed by atoms with van der Waals surface area (Å²) >= 11 is 0. The van der Waals surface area contributed by atoms with Gasteiger partial charge in [-0.25, -0.2) is 4.98 Å². The summed E-state index contributed by atoms with van der Waals surface area (Å²) in [6.07, 6.45) is 1.76. The molecular formula is C19H22N4O3. The molecule has 2 aromatic rings. The van der Waals surface area contributed by atoms with E-state index in [1.54, 1.807) is 23.2 Å². The lowest BCUT2D eigenvalue weighted by atomic mass is 10.3. The summed E-state index contributed by atoms with van der Waals surface area (Å²) in [5.74, 6) is 1.15. The SMILES string of the molecule is O=C(COc1ccccc1)NCC(=O)N1CCN(c2ccccn2)CC1. The molecule has 0 bridgehead atoms. The number of hydrogen-bond donors (Lipinski definition) is 1. The van der Waals surface area contributed by atoms with Gasteiger partial charge in [-0.3, -0.25) is 9.59 Å². The van der Waals surface area contributed by atoms with Crippen LogP contribution in [0.3, 0.4) is 0 Å². The molecule has 1 aromatic carbocycles. The summed E-state index contributed by atoms with van der Waals surface area (Å²) in [4.78, 5) is 32.3. The molecule has 2 amide bonds. The summed E-state index contributed by atoms with van der Waals surface area (Å²) in [6, 6.07) is 14.9. The molecule has 0 aliphatic carbocycles. The third kappa shape index (κ3) is 4.95. The highest BCUT2D eigenvalue weighted by atomic mass is 16.5. The number of anilines is 1. The average Bonchev–Trinajstić information content (AvgIpc) is 2.72. The van der Waals surface area contributed by atoms with Crippen LogP contribution in [-0.2, 0) is 9.59 Å². The van der Waals surface area contributed by atoms with E-state index in [2.05, 4.69) is 15.2 Å². The van der Waals surface area contributed by atoms with Crippen molar-refractivity contribution in [2.45, 2.75) is 0 Å². The van der Waals surface area contributed by atoms with E-state index >= 15 is 0 Å². The molecule has 7 nitrogen and oxygen atoms in total. The molecule has 26 heavy (non-hydrogen) atoms. The van der Waals surface area contributed by atoms with Crippen molar-refractivity contribution in [1.29, 1.82) is 0 Å². The molecule has 0 radical (unpaired) electrons. The average molecular weight is 354 g/mol. The van der Waals surface area contributed by atoms with E-state index in [9.17, 15) is 9.59 Å². The van der Waals surface area contributed by atoms with Crippen molar-refractivity contribution >= 4 is 17.6 Å². The molecule has 1 saturated heterocycles. The number of para-hydroxylation sites is 1. The van der Waals surface area contributed by atoms with Crippen LogP contribution in [0.5, 0.6) is 5.75 Å². The Morgan fingerprint density at radius 1 is 1.00 bits per heavy atom. The van der Waals surface area contributed by atoms with Gasteiger partial charge >= 0.3 is 0 Å². The minimum absolute atomic E-state index is 0.0133. The molecular weight excluding hydrogens is 332 g/mol. The Morgan fingerprint density at radius 2 is 1.73 bits per heavy atom. The topological polar surface area (TPSA) is 74.8 Å². The molecule has 3 rings (SSSR count). The summed E-state index contributed by atoms with van der Waals surface area (Å²) in [5.41, 5.74) is 0. The van der Waals surface area contributed by atoms with Crippen molar-refractivity contribution in [3.63, 3.8) is 0 Å². The van der Waals surface area contributed by atoms with Gasteiger partial charge in [-0.05, 0) is 24.3 Å². The molecule has 0 unspecified atom stereocenters. The van der Waals surface area contributed by atoms with Crippen LogP contribution < -0.4 is 15.0 Å². The van der Waals surface area contributed by atoms with Crippen molar-refractivity contribution in [2.75, 3.05) is 44.2 Å². The van der Waals surface area contributed by atoms with Crippen LogP contribution in [0, 0.1) is 0 Å². The number of piperazine rings is 1. The second-order valence-corrected chi connectivity index (χ2v) is 5.93. The van der Waals surface area contributed by atoms with Gasteiger partial charge in [0.15, 0.2) is 6.61 Å². The lowest BCUT2D eigenvalue weighted by Crippen LogP contribution is -2.51. The normalized spacial score (nSPS) is 14.0. The molecule has 1 aliphatic heterocycles. The van der Waals surface area contributed by atoms with Crippen LogP contribution in [0.1, 0.15) is 0 Å². The molecule has 1 N–H and O–H groups in total. The summed E-state index contributed by atoms with van der Waals surface area (Å²) in [6.45, 7) is 2.57. The number of nitrogens with one attached hydrogen (secondary N) is 1. The standard InChI is InChI=1S/C19H22N4O3/c24-18(15-26-16-6-2-1-3-7-16)21-14-19(25)23-12-10-22(11-13-23)17-8-4-5-9-20-17/h1-9H,10-15H2,(H,21,24). The van der Waals surface area contributed by atoms with E-state index in [-0.39, 0.29) is 25.0 Å². The van der Waals surface area contributed by atoms with Gasteiger partial charge < -0.3 is 19.9 Å². The Labute approximate surface area is 152 Å². The zero-order chi connectivity index (χ0) is 18.2. The zero-order valence-electron chi connectivity index (χ0n) is 14.5. The third-order valence-electron chi connectivity index (χ3n) is 4.16. The molecule has 1 aliphatic rings. The predicted molar refractivity (Wildman–Crippen MR) is 98.0 cm³/mol. The van der Waals surface area contributed by atoms with Crippen LogP contribution in [0.15, 0.2) is 54.7 Å². The number of nitrogens with zero attached hydrogens (tertiary/aromatic N) is 3. The van der Waals surface area contributed by atoms with Crippen LogP contribution in [0.4, 0.5) is 5.82 Å². The van der Waals surface area contributed by atoms with Crippen molar-refractivity contribution in [2.24, 2.45) is 0 Å². The minimum atomic E-state index is -0.311. The number of carbonyl (C=O) groups is 2. The lowest BCUT2D eigenvalue weighted by Gasteiger charge is -2.35. The first-order chi connectivity index (χ1) is 12.7. The maximum Gasteiger partial charge on any atom is 0.258 e. The lowest BCUT2D eigenvalue weighted by molar-refractivity contribution is -0.133. The van der Waals surface area contributed by atoms with E-state index in [1.165, 1.54) is 0 Å². The highest BCUT2D eigenvalue weighted by Crippen LogP contribution is 2.12. The van der Waals surface area contributed by atoms with Crippen molar-refractivity contribution in [3.8, 4) is 5.75 Å². The van der Waals surface area contributed by atoms with Gasteiger partial charge in [-0.1, -0.05) is 24.3 Å². The number of hydrogen-bond acceptors (Lipinski definition) is 5. The summed E-state index contributed by atoms with van der Waals surface area (Å²) < 4.78 is 5.36. The minimum Gasteiger partial charge on any atom is -0.484 e. The maximum absolute atomic E-state index is 12.3. The number of amides is 2. The van der Waals surface area contributed by atoms with E-state index in [1.807, 2.05) is 36.4 Å². The maximum atomic E-state index is 12.3. The number of carbonyl (C=O) groups excluding carboxylic acids is 2. The van der Waals surface area contributed by atoms with Gasteiger partial charge in [0.2, 0.25) is 5.91 Å². The Hall–Kier alpha value is -3.09. The van der Waals surface area contributed by atoms with Crippen LogP contribution in [0.25, 0.3) is 0 Å². The Kier molecular flexibility index (Phi) is 6.03. The number of benzene rings is 1. The Morgan fingerprint density at radius 3 is 2.42 bits per heavy atom. The molecule has 1 fully saturated rings. The fraction of sp³-hybridized carbons (Fsp3) is 0.316. The fourth-order valence-corrected chi connectivity index (χ4v) is 2.73. The monoisotopic (exact) mass is 354 g/mol. The Balaban J connectivity index is 1.37. The van der Waals surface area contributed by atoms with E-state index in [0.29, 0.717) is 18.8 Å². The number of ether oxygens (including phenoxy) is 1. The second-order valence-electron chi connectivity index (χ2n) is 5.93. The molecule has 0 atom stereocenters. The van der Waals surface area contributed by atoms with E-state index < -0.39 is 0 Å². The van der Waals surface area contributed by atoms with Crippen LogP contribution in [-0.4, -0.2) is 61.0 Å². The molecule has 2 heterocycles.